The molecule has 0 bridgehead atoms. The van der Waals surface area contributed by atoms with E-state index in [0.29, 0.717) is 15.8 Å². The monoisotopic (exact) mass is 386 g/mol. The molecule has 6 heteroatoms. The lowest BCUT2D eigenvalue weighted by atomic mass is 10.2. The Balaban J connectivity index is 2.33. The molecule has 3 N–H and O–H groups in total. The summed E-state index contributed by atoms with van der Waals surface area (Å²) in [5.74, 6) is 0.0688. The molecular formula is C13H9Br2FN2O. The summed E-state index contributed by atoms with van der Waals surface area (Å²) >= 11 is 6.56. The number of amidine groups is 1. The zero-order chi connectivity index (χ0) is 14.0. The Hall–Kier alpha value is -1.40. The van der Waals surface area contributed by atoms with E-state index in [1.807, 2.05) is 0 Å². The Kier molecular flexibility index (Phi) is 4.21. The molecule has 0 atom stereocenters. The van der Waals surface area contributed by atoms with Crippen LogP contribution in [0.4, 0.5) is 4.39 Å². The maximum absolute atomic E-state index is 13.6. The van der Waals surface area contributed by atoms with Crippen molar-refractivity contribution in [2.24, 2.45) is 5.73 Å². The van der Waals surface area contributed by atoms with E-state index in [9.17, 15) is 4.39 Å². The van der Waals surface area contributed by atoms with Crippen LogP contribution in [0.15, 0.2) is 45.3 Å². The molecule has 0 aliphatic rings. The first-order valence-electron chi connectivity index (χ1n) is 5.24. The lowest BCUT2D eigenvalue weighted by Gasteiger charge is -2.10. The number of nitrogen functional groups attached to an aromatic ring is 1. The Bertz CT molecular complexity index is 647. The molecule has 2 rings (SSSR count). The van der Waals surface area contributed by atoms with E-state index in [2.05, 4.69) is 31.9 Å². The van der Waals surface area contributed by atoms with Gasteiger partial charge in [-0.15, -0.1) is 0 Å². The van der Waals surface area contributed by atoms with Gasteiger partial charge in [-0.25, -0.2) is 4.39 Å². The van der Waals surface area contributed by atoms with Crippen molar-refractivity contribution < 1.29 is 9.13 Å². The second-order valence-corrected chi connectivity index (χ2v) is 5.51. The summed E-state index contributed by atoms with van der Waals surface area (Å²) in [4.78, 5) is 0. The van der Waals surface area contributed by atoms with E-state index >= 15 is 0 Å². The second kappa shape index (κ2) is 5.71. The van der Waals surface area contributed by atoms with Crippen molar-refractivity contribution in [1.82, 2.24) is 0 Å². The van der Waals surface area contributed by atoms with Crippen molar-refractivity contribution in [3.63, 3.8) is 0 Å². The third-order valence-corrected chi connectivity index (χ3v) is 3.47. The highest BCUT2D eigenvalue weighted by Crippen LogP contribution is 2.33. The topological polar surface area (TPSA) is 59.1 Å². The van der Waals surface area contributed by atoms with Crippen LogP contribution in [-0.4, -0.2) is 5.84 Å². The largest absolute Gasteiger partial charge is 0.453 e. The van der Waals surface area contributed by atoms with Crippen LogP contribution >= 0.6 is 31.9 Å². The summed E-state index contributed by atoms with van der Waals surface area (Å²) in [7, 11) is 0. The third kappa shape index (κ3) is 3.33. The van der Waals surface area contributed by atoms with E-state index in [-0.39, 0.29) is 11.6 Å². The Morgan fingerprint density at radius 3 is 2.47 bits per heavy atom. The van der Waals surface area contributed by atoms with Crippen molar-refractivity contribution in [2.75, 3.05) is 0 Å². The maximum Gasteiger partial charge on any atom is 0.165 e. The quantitative estimate of drug-likeness (QED) is 0.604. The first kappa shape index (κ1) is 14.0. The average Bonchev–Trinajstić information content (AvgIpc) is 2.36. The molecule has 0 aliphatic heterocycles. The Labute approximate surface area is 126 Å². The number of ether oxygens (including phenoxy) is 1. The van der Waals surface area contributed by atoms with Gasteiger partial charge in [-0.3, -0.25) is 5.41 Å². The molecule has 2 aromatic carbocycles. The molecule has 0 radical (unpaired) electrons. The number of hydrogen-bond donors (Lipinski definition) is 2. The standard InChI is InChI=1S/C13H9Br2FN2O/c14-8-2-3-10(16)12(6-8)19-11-4-1-7(13(17)18)5-9(11)15/h1-6H,(H3,17,18). The zero-order valence-electron chi connectivity index (χ0n) is 9.58. The van der Waals surface area contributed by atoms with Crippen molar-refractivity contribution in [1.29, 1.82) is 5.41 Å². The molecule has 98 valence electrons. The molecular weight excluding hydrogens is 379 g/mol. The summed E-state index contributed by atoms with van der Waals surface area (Å²) in [5, 5.41) is 7.34. The van der Waals surface area contributed by atoms with Crippen molar-refractivity contribution in [3.8, 4) is 11.5 Å². The Morgan fingerprint density at radius 2 is 1.84 bits per heavy atom. The number of nitrogens with two attached hydrogens (primary N) is 1. The van der Waals surface area contributed by atoms with Crippen LogP contribution in [0.2, 0.25) is 0 Å². The lowest BCUT2D eigenvalue weighted by Crippen LogP contribution is -2.10. The van der Waals surface area contributed by atoms with Crippen LogP contribution < -0.4 is 10.5 Å². The minimum atomic E-state index is -0.453. The van der Waals surface area contributed by atoms with Gasteiger partial charge in [-0.05, 0) is 52.3 Å². The second-order valence-electron chi connectivity index (χ2n) is 3.74. The predicted molar refractivity (Wildman–Crippen MR) is 79.3 cm³/mol. The molecule has 0 aliphatic carbocycles. The molecule has 0 unspecified atom stereocenters. The molecule has 0 saturated carbocycles. The van der Waals surface area contributed by atoms with Gasteiger partial charge in [-0.2, -0.15) is 0 Å². The number of benzene rings is 2. The van der Waals surface area contributed by atoms with Crippen LogP contribution in [0.25, 0.3) is 0 Å². The van der Waals surface area contributed by atoms with Crippen LogP contribution in [0.1, 0.15) is 5.56 Å². The van der Waals surface area contributed by atoms with E-state index in [4.69, 9.17) is 15.9 Å². The van der Waals surface area contributed by atoms with Gasteiger partial charge in [0.2, 0.25) is 0 Å². The number of halogens is 3. The molecule has 0 heterocycles. The van der Waals surface area contributed by atoms with Gasteiger partial charge in [0.1, 0.15) is 11.6 Å². The van der Waals surface area contributed by atoms with Crippen LogP contribution in [-0.2, 0) is 0 Å². The fraction of sp³-hybridized carbons (Fsp3) is 0. The van der Waals surface area contributed by atoms with Gasteiger partial charge in [-0.1, -0.05) is 15.9 Å². The molecule has 0 fully saturated rings. The number of hydrogen-bond acceptors (Lipinski definition) is 2. The summed E-state index contributed by atoms with van der Waals surface area (Å²) in [6.07, 6.45) is 0. The highest BCUT2D eigenvalue weighted by molar-refractivity contribution is 9.10. The van der Waals surface area contributed by atoms with Crippen molar-refractivity contribution in [2.45, 2.75) is 0 Å². The van der Waals surface area contributed by atoms with Crippen molar-refractivity contribution >= 4 is 37.7 Å². The molecule has 0 aromatic heterocycles. The molecule has 2 aromatic rings. The van der Waals surface area contributed by atoms with E-state index in [1.54, 1.807) is 30.3 Å². The van der Waals surface area contributed by atoms with Gasteiger partial charge >= 0.3 is 0 Å². The summed E-state index contributed by atoms with van der Waals surface area (Å²) in [5.41, 5.74) is 5.95. The number of rotatable bonds is 3. The summed E-state index contributed by atoms with van der Waals surface area (Å²) in [6, 6.07) is 9.36. The van der Waals surface area contributed by atoms with Crippen molar-refractivity contribution in [3.05, 3.63) is 56.7 Å². The van der Waals surface area contributed by atoms with E-state index in [1.165, 1.54) is 6.07 Å². The minimum Gasteiger partial charge on any atom is -0.453 e. The van der Waals surface area contributed by atoms with Crippen LogP contribution in [0.5, 0.6) is 11.5 Å². The Morgan fingerprint density at radius 1 is 1.11 bits per heavy atom. The predicted octanol–water partition coefficient (Wildman–Crippen LogP) is 4.43. The smallest absolute Gasteiger partial charge is 0.165 e. The normalized spacial score (nSPS) is 10.3. The van der Waals surface area contributed by atoms with Crippen LogP contribution in [0, 0.1) is 11.2 Å². The maximum atomic E-state index is 13.6. The molecule has 19 heavy (non-hydrogen) atoms. The molecule has 0 spiro atoms. The summed E-state index contributed by atoms with van der Waals surface area (Å²) < 4.78 is 20.4. The molecule has 0 amide bonds. The highest BCUT2D eigenvalue weighted by atomic mass is 79.9. The van der Waals surface area contributed by atoms with Crippen LogP contribution in [0.3, 0.4) is 0 Å². The van der Waals surface area contributed by atoms with E-state index < -0.39 is 5.82 Å². The zero-order valence-corrected chi connectivity index (χ0v) is 12.8. The highest BCUT2D eigenvalue weighted by Gasteiger charge is 2.09. The van der Waals surface area contributed by atoms with Gasteiger partial charge in [0.15, 0.2) is 11.6 Å². The fourth-order valence-electron chi connectivity index (χ4n) is 1.43. The van der Waals surface area contributed by atoms with Gasteiger partial charge in [0.05, 0.1) is 4.47 Å². The summed E-state index contributed by atoms with van der Waals surface area (Å²) in [6.45, 7) is 0. The van der Waals surface area contributed by atoms with Gasteiger partial charge in [0, 0.05) is 10.0 Å². The SMILES string of the molecule is N=C(N)c1ccc(Oc2cc(Br)ccc2F)c(Br)c1. The molecule has 3 nitrogen and oxygen atoms in total. The molecule has 0 saturated heterocycles. The first-order valence-corrected chi connectivity index (χ1v) is 6.83. The third-order valence-electron chi connectivity index (χ3n) is 2.36. The van der Waals surface area contributed by atoms with Gasteiger partial charge in [0.25, 0.3) is 0 Å². The fourth-order valence-corrected chi connectivity index (χ4v) is 2.22. The number of nitrogens with one attached hydrogen (secondary N) is 1. The first-order chi connectivity index (χ1) is 8.97. The van der Waals surface area contributed by atoms with Gasteiger partial charge < -0.3 is 10.5 Å². The minimum absolute atomic E-state index is 0.0408. The lowest BCUT2D eigenvalue weighted by molar-refractivity contribution is 0.439. The van der Waals surface area contributed by atoms with E-state index in [0.717, 1.165) is 4.47 Å². The average molecular weight is 388 g/mol.